The first-order valence-electron chi connectivity index (χ1n) is 5.46. The molecule has 0 spiro atoms. The minimum absolute atomic E-state index is 0.0426. The van der Waals surface area contributed by atoms with Crippen LogP contribution in [-0.2, 0) is 6.42 Å². The molecule has 16 heavy (non-hydrogen) atoms. The van der Waals surface area contributed by atoms with E-state index in [2.05, 4.69) is 36.2 Å². The molecule has 3 heteroatoms. The summed E-state index contributed by atoms with van der Waals surface area (Å²) in [6.45, 7) is 4.16. The molecule has 1 aromatic heterocycles. The lowest BCUT2D eigenvalue weighted by Gasteiger charge is -2.12. The SMILES string of the molecule is CCc1cccc(C(N)c2scnc2C)c1. The second-order valence-corrected chi connectivity index (χ2v) is 4.76. The number of hydrogen-bond donors (Lipinski definition) is 1. The number of aryl methyl sites for hydroxylation is 2. The molecule has 0 aliphatic rings. The fourth-order valence-electron chi connectivity index (χ4n) is 1.77. The summed E-state index contributed by atoms with van der Waals surface area (Å²) < 4.78 is 0. The van der Waals surface area contributed by atoms with E-state index in [1.165, 1.54) is 11.1 Å². The van der Waals surface area contributed by atoms with E-state index in [-0.39, 0.29) is 6.04 Å². The van der Waals surface area contributed by atoms with Crippen LogP contribution in [0.25, 0.3) is 0 Å². The molecule has 1 unspecified atom stereocenters. The first kappa shape index (κ1) is 11.3. The van der Waals surface area contributed by atoms with Crippen LogP contribution in [0.1, 0.15) is 34.7 Å². The van der Waals surface area contributed by atoms with E-state index < -0.39 is 0 Å². The van der Waals surface area contributed by atoms with E-state index in [4.69, 9.17) is 5.73 Å². The number of hydrogen-bond acceptors (Lipinski definition) is 3. The largest absolute Gasteiger partial charge is 0.320 e. The average molecular weight is 232 g/mol. The summed E-state index contributed by atoms with van der Waals surface area (Å²) in [6, 6.07) is 8.44. The third-order valence-electron chi connectivity index (χ3n) is 2.78. The van der Waals surface area contributed by atoms with Crippen molar-refractivity contribution < 1.29 is 0 Å². The zero-order chi connectivity index (χ0) is 11.5. The zero-order valence-corrected chi connectivity index (χ0v) is 10.4. The molecular weight excluding hydrogens is 216 g/mol. The van der Waals surface area contributed by atoms with Crippen molar-refractivity contribution in [3.63, 3.8) is 0 Å². The molecule has 2 rings (SSSR count). The Morgan fingerprint density at radius 2 is 2.25 bits per heavy atom. The summed E-state index contributed by atoms with van der Waals surface area (Å²) in [6.07, 6.45) is 1.04. The molecule has 0 radical (unpaired) electrons. The lowest BCUT2D eigenvalue weighted by atomic mass is 10.0. The van der Waals surface area contributed by atoms with Gasteiger partial charge in [0, 0.05) is 4.88 Å². The maximum Gasteiger partial charge on any atom is 0.0798 e. The molecule has 2 nitrogen and oxygen atoms in total. The van der Waals surface area contributed by atoms with E-state index in [9.17, 15) is 0 Å². The summed E-state index contributed by atoms with van der Waals surface area (Å²) in [5.41, 5.74) is 11.7. The predicted molar refractivity (Wildman–Crippen MR) is 68.7 cm³/mol. The Morgan fingerprint density at radius 3 is 2.88 bits per heavy atom. The summed E-state index contributed by atoms with van der Waals surface area (Å²) in [7, 11) is 0. The second-order valence-electron chi connectivity index (χ2n) is 3.88. The van der Waals surface area contributed by atoms with Crippen molar-refractivity contribution in [3.8, 4) is 0 Å². The van der Waals surface area contributed by atoms with Gasteiger partial charge in [0.2, 0.25) is 0 Å². The Kier molecular flexibility index (Phi) is 3.36. The molecule has 0 amide bonds. The standard InChI is InChI=1S/C13H16N2S/c1-3-10-5-4-6-11(7-10)12(14)13-9(2)15-8-16-13/h4-8,12H,3,14H2,1-2H3. The molecule has 0 saturated carbocycles. The molecule has 2 N–H and O–H groups in total. The van der Waals surface area contributed by atoms with Crippen LogP contribution >= 0.6 is 11.3 Å². The van der Waals surface area contributed by atoms with Gasteiger partial charge in [-0.2, -0.15) is 0 Å². The van der Waals surface area contributed by atoms with E-state index in [0.29, 0.717) is 0 Å². The molecule has 0 saturated heterocycles. The van der Waals surface area contributed by atoms with Gasteiger partial charge in [0.1, 0.15) is 0 Å². The normalized spacial score (nSPS) is 12.7. The van der Waals surface area contributed by atoms with Gasteiger partial charge in [-0.25, -0.2) is 4.98 Å². The molecule has 0 bridgehead atoms. The minimum atomic E-state index is -0.0426. The Labute approximate surface area is 100 Å². The highest BCUT2D eigenvalue weighted by Gasteiger charge is 2.13. The summed E-state index contributed by atoms with van der Waals surface area (Å²) in [5, 5.41) is 0. The van der Waals surface area contributed by atoms with Gasteiger partial charge in [0.05, 0.1) is 17.2 Å². The topological polar surface area (TPSA) is 38.9 Å². The molecule has 1 atom stereocenters. The molecule has 1 aromatic carbocycles. The highest BCUT2D eigenvalue weighted by molar-refractivity contribution is 7.09. The Balaban J connectivity index is 2.33. The molecule has 2 aromatic rings. The van der Waals surface area contributed by atoms with Crippen molar-refractivity contribution in [3.05, 3.63) is 51.5 Å². The van der Waals surface area contributed by atoms with Gasteiger partial charge in [0.15, 0.2) is 0 Å². The van der Waals surface area contributed by atoms with Crippen molar-refractivity contribution in [2.75, 3.05) is 0 Å². The number of thiazole rings is 1. The van der Waals surface area contributed by atoms with Crippen molar-refractivity contribution in [2.45, 2.75) is 26.3 Å². The summed E-state index contributed by atoms with van der Waals surface area (Å²) in [4.78, 5) is 5.40. The fraction of sp³-hybridized carbons (Fsp3) is 0.308. The zero-order valence-electron chi connectivity index (χ0n) is 9.60. The van der Waals surface area contributed by atoms with Crippen LogP contribution in [0, 0.1) is 6.92 Å². The number of benzene rings is 1. The van der Waals surface area contributed by atoms with Gasteiger partial charge in [0.25, 0.3) is 0 Å². The van der Waals surface area contributed by atoms with Crippen LogP contribution in [0.2, 0.25) is 0 Å². The van der Waals surface area contributed by atoms with Crippen molar-refractivity contribution >= 4 is 11.3 Å². The molecule has 1 heterocycles. The summed E-state index contributed by atoms with van der Waals surface area (Å²) >= 11 is 1.63. The molecule has 84 valence electrons. The smallest absolute Gasteiger partial charge is 0.0798 e. The lowest BCUT2D eigenvalue weighted by Crippen LogP contribution is -2.11. The molecular formula is C13H16N2S. The maximum atomic E-state index is 6.26. The highest BCUT2D eigenvalue weighted by atomic mass is 32.1. The third-order valence-corrected chi connectivity index (χ3v) is 3.80. The van der Waals surface area contributed by atoms with Crippen LogP contribution in [0.4, 0.5) is 0 Å². The van der Waals surface area contributed by atoms with Gasteiger partial charge in [-0.05, 0) is 24.5 Å². The Hall–Kier alpha value is -1.19. The average Bonchev–Trinajstić information content (AvgIpc) is 2.74. The van der Waals surface area contributed by atoms with Gasteiger partial charge < -0.3 is 5.73 Å². The van der Waals surface area contributed by atoms with E-state index >= 15 is 0 Å². The van der Waals surface area contributed by atoms with Gasteiger partial charge in [-0.1, -0.05) is 31.2 Å². The van der Waals surface area contributed by atoms with Gasteiger partial charge in [-0.3, -0.25) is 0 Å². The highest BCUT2D eigenvalue weighted by Crippen LogP contribution is 2.26. The van der Waals surface area contributed by atoms with Crippen molar-refractivity contribution in [2.24, 2.45) is 5.73 Å². The first-order chi connectivity index (χ1) is 7.72. The first-order valence-corrected chi connectivity index (χ1v) is 6.34. The van der Waals surface area contributed by atoms with E-state index in [1.54, 1.807) is 11.3 Å². The molecule has 0 aliphatic carbocycles. The van der Waals surface area contributed by atoms with E-state index in [1.807, 2.05) is 12.4 Å². The quantitative estimate of drug-likeness (QED) is 0.883. The third kappa shape index (κ3) is 2.15. The fourth-order valence-corrected chi connectivity index (χ4v) is 2.60. The number of aromatic nitrogens is 1. The molecule has 0 aliphatic heterocycles. The molecule has 0 fully saturated rings. The van der Waals surface area contributed by atoms with E-state index in [0.717, 1.165) is 17.0 Å². The van der Waals surface area contributed by atoms with Crippen LogP contribution in [0.5, 0.6) is 0 Å². The minimum Gasteiger partial charge on any atom is -0.320 e. The number of nitrogens with zero attached hydrogens (tertiary/aromatic N) is 1. The van der Waals surface area contributed by atoms with Gasteiger partial charge in [-0.15, -0.1) is 11.3 Å². The van der Waals surface area contributed by atoms with Crippen molar-refractivity contribution in [1.29, 1.82) is 0 Å². The van der Waals surface area contributed by atoms with Crippen LogP contribution < -0.4 is 5.73 Å². The second kappa shape index (κ2) is 4.76. The van der Waals surface area contributed by atoms with Crippen LogP contribution in [-0.4, -0.2) is 4.98 Å². The monoisotopic (exact) mass is 232 g/mol. The Morgan fingerprint density at radius 1 is 1.44 bits per heavy atom. The lowest BCUT2D eigenvalue weighted by molar-refractivity contribution is 0.873. The Bertz CT molecular complexity index is 476. The van der Waals surface area contributed by atoms with Crippen LogP contribution in [0.3, 0.4) is 0 Å². The van der Waals surface area contributed by atoms with Crippen LogP contribution in [0.15, 0.2) is 29.8 Å². The number of rotatable bonds is 3. The predicted octanol–water partition coefficient (Wildman–Crippen LogP) is 3.06. The number of nitrogens with two attached hydrogens (primary N) is 1. The van der Waals surface area contributed by atoms with Crippen molar-refractivity contribution in [1.82, 2.24) is 4.98 Å². The maximum absolute atomic E-state index is 6.26. The summed E-state index contributed by atoms with van der Waals surface area (Å²) in [5.74, 6) is 0. The van der Waals surface area contributed by atoms with Gasteiger partial charge >= 0.3 is 0 Å².